The fraction of sp³-hybridized carbons (Fsp3) is 0.200. The van der Waals surface area contributed by atoms with Gasteiger partial charge < -0.3 is 15.4 Å². The molecule has 110 valence electrons. The number of nitrogens with zero attached hydrogens (tertiary/aromatic N) is 2. The van der Waals surface area contributed by atoms with Gasteiger partial charge in [-0.15, -0.1) is 0 Å². The summed E-state index contributed by atoms with van der Waals surface area (Å²) in [7, 11) is 1.80. The fourth-order valence-corrected chi connectivity index (χ4v) is 2.36. The molecule has 2 aromatic rings. The van der Waals surface area contributed by atoms with E-state index in [1.807, 2.05) is 6.07 Å². The number of benzene rings is 1. The molecule has 0 aliphatic carbocycles. The van der Waals surface area contributed by atoms with Crippen molar-refractivity contribution in [2.75, 3.05) is 24.3 Å². The number of halogens is 1. The van der Waals surface area contributed by atoms with Gasteiger partial charge in [0.05, 0.1) is 34.8 Å². The van der Waals surface area contributed by atoms with E-state index in [0.717, 1.165) is 5.69 Å². The molecular weight excluding hydrogens is 290 g/mol. The van der Waals surface area contributed by atoms with Crippen LogP contribution in [0.1, 0.15) is 17.3 Å². The van der Waals surface area contributed by atoms with Gasteiger partial charge in [0.15, 0.2) is 0 Å². The highest BCUT2D eigenvalue weighted by molar-refractivity contribution is 6.34. The maximum atomic E-state index is 12.1. The highest BCUT2D eigenvalue weighted by Gasteiger charge is 2.20. The predicted octanol–water partition coefficient (Wildman–Crippen LogP) is 3.26. The van der Waals surface area contributed by atoms with Crippen molar-refractivity contribution in [3.8, 4) is 0 Å². The molecule has 0 spiro atoms. The summed E-state index contributed by atoms with van der Waals surface area (Å²) in [6.45, 7) is 2.03. The average molecular weight is 306 g/mol. The highest BCUT2D eigenvalue weighted by Crippen LogP contribution is 2.36. The van der Waals surface area contributed by atoms with Gasteiger partial charge in [-0.3, -0.25) is 4.98 Å². The average Bonchev–Trinajstić information content (AvgIpc) is 2.47. The second kappa shape index (κ2) is 6.45. The summed E-state index contributed by atoms with van der Waals surface area (Å²) in [6, 6.07) is 6.84. The number of ether oxygens (including phenoxy) is 1. The Bertz CT molecular complexity index is 647. The zero-order valence-corrected chi connectivity index (χ0v) is 12.6. The zero-order valence-electron chi connectivity index (χ0n) is 11.8. The van der Waals surface area contributed by atoms with E-state index in [0.29, 0.717) is 22.0 Å². The van der Waals surface area contributed by atoms with E-state index in [-0.39, 0.29) is 6.61 Å². The molecule has 21 heavy (non-hydrogen) atoms. The SMILES string of the molecule is CCOC(=O)c1cc(N)cc(Cl)c1N(C)c1cccnc1. The fourth-order valence-electron chi connectivity index (χ4n) is 2.01. The second-order valence-electron chi connectivity index (χ2n) is 4.39. The summed E-state index contributed by atoms with van der Waals surface area (Å²) >= 11 is 6.27. The van der Waals surface area contributed by atoms with Gasteiger partial charge in [0, 0.05) is 18.9 Å². The minimum absolute atomic E-state index is 0.279. The Morgan fingerprint density at radius 2 is 2.24 bits per heavy atom. The summed E-state index contributed by atoms with van der Waals surface area (Å²) < 4.78 is 5.07. The van der Waals surface area contributed by atoms with Crippen molar-refractivity contribution in [3.63, 3.8) is 0 Å². The summed E-state index contributed by atoms with van der Waals surface area (Å²) in [5, 5.41) is 0.379. The molecule has 0 saturated carbocycles. The van der Waals surface area contributed by atoms with E-state index in [1.165, 1.54) is 0 Å². The lowest BCUT2D eigenvalue weighted by Gasteiger charge is -2.23. The molecule has 0 unspecified atom stereocenters. The molecule has 0 saturated heterocycles. The molecular formula is C15H16ClN3O2. The van der Waals surface area contributed by atoms with Crippen molar-refractivity contribution in [1.82, 2.24) is 4.98 Å². The van der Waals surface area contributed by atoms with Crippen LogP contribution in [0.5, 0.6) is 0 Å². The van der Waals surface area contributed by atoms with Crippen molar-refractivity contribution >= 4 is 34.6 Å². The van der Waals surface area contributed by atoms with E-state index in [1.54, 1.807) is 49.5 Å². The van der Waals surface area contributed by atoms with Crippen LogP contribution in [0.15, 0.2) is 36.7 Å². The standard InChI is InChI=1S/C15H16ClN3O2/c1-3-21-15(20)12-7-10(17)8-13(16)14(12)19(2)11-5-4-6-18-9-11/h4-9H,3,17H2,1-2H3. The van der Waals surface area contributed by atoms with Gasteiger partial charge in [-0.05, 0) is 31.2 Å². The third kappa shape index (κ3) is 3.25. The molecule has 0 radical (unpaired) electrons. The molecule has 0 atom stereocenters. The van der Waals surface area contributed by atoms with Crippen molar-refractivity contribution in [1.29, 1.82) is 0 Å². The Hall–Kier alpha value is -2.27. The Balaban J connectivity index is 2.54. The Morgan fingerprint density at radius 3 is 2.86 bits per heavy atom. The third-order valence-electron chi connectivity index (χ3n) is 2.95. The molecule has 0 aliphatic heterocycles. The zero-order chi connectivity index (χ0) is 15.4. The maximum absolute atomic E-state index is 12.1. The summed E-state index contributed by atoms with van der Waals surface area (Å²) in [5.41, 5.74) is 7.85. The Labute approximate surface area is 128 Å². The van der Waals surface area contributed by atoms with Crippen LogP contribution in [0.3, 0.4) is 0 Å². The van der Waals surface area contributed by atoms with Crippen LogP contribution in [0.2, 0.25) is 5.02 Å². The van der Waals surface area contributed by atoms with Gasteiger partial charge in [-0.25, -0.2) is 4.79 Å². The van der Waals surface area contributed by atoms with Gasteiger partial charge in [-0.2, -0.15) is 0 Å². The number of aromatic nitrogens is 1. The van der Waals surface area contributed by atoms with Crippen molar-refractivity contribution < 1.29 is 9.53 Å². The van der Waals surface area contributed by atoms with Crippen LogP contribution >= 0.6 is 11.6 Å². The molecule has 6 heteroatoms. The van der Waals surface area contributed by atoms with Gasteiger partial charge in [0.25, 0.3) is 0 Å². The number of pyridine rings is 1. The monoisotopic (exact) mass is 305 g/mol. The number of rotatable bonds is 4. The number of carbonyl (C=O) groups is 1. The number of esters is 1. The lowest BCUT2D eigenvalue weighted by molar-refractivity contribution is 0.0527. The van der Waals surface area contributed by atoms with Gasteiger partial charge in [0.1, 0.15) is 0 Å². The molecule has 5 nitrogen and oxygen atoms in total. The Kier molecular flexibility index (Phi) is 4.65. The van der Waals surface area contributed by atoms with Crippen LogP contribution in [-0.4, -0.2) is 24.6 Å². The van der Waals surface area contributed by atoms with E-state index >= 15 is 0 Å². The smallest absolute Gasteiger partial charge is 0.340 e. The first-order valence-electron chi connectivity index (χ1n) is 6.44. The molecule has 1 heterocycles. The molecule has 0 fully saturated rings. The molecule has 1 aromatic carbocycles. The van der Waals surface area contributed by atoms with Crippen molar-refractivity contribution in [3.05, 3.63) is 47.2 Å². The number of carbonyl (C=O) groups excluding carboxylic acids is 1. The largest absolute Gasteiger partial charge is 0.462 e. The predicted molar refractivity (Wildman–Crippen MR) is 84.1 cm³/mol. The van der Waals surface area contributed by atoms with Gasteiger partial charge in [0.2, 0.25) is 0 Å². The molecule has 0 amide bonds. The summed E-state index contributed by atoms with van der Waals surface area (Å²) in [6.07, 6.45) is 3.36. The molecule has 2 rings (SSSR count). The van der Waals surface area contributed by atoms with Crippen LogP contribution < -0.4 is 10.6 Å². The van der Waals surface area contributed by atoms with Gasteiger partial charge in [-0.1, -0.05) is 11.6 Å². The first-order chi connectivity index (χ1) is 10.0. The summed E-state index contributed by atoms with van der Waals surface area (Å²) in [5.74, 6) is -0.461. The van der Waals surface area contributed by atoms with E-state index in [4.69, 9.17) is 22.1 Å². The molecule has 2 N–H and O–H groups in total. The highest BCUT2D eigenvalue weighted by atomic mass is 35.5. The van der Waals surface area contributed by atoms with E-state index < -0.39 is 5.97 Å². The third-order valence-corrected chi connectivity index (χ3v) is 3.24. The number of hydrogen-bond acceptors (Lipinski definition) is 5. The van der Waals surface area contributed by atoms with Crippen LogP contribution in [0, 0.1) is 0 Å². The van der Waals surface area contributed by atoms with E-state index in [9.17, 15) is 4.79 Å². The maximum Gasteiger partial charge on any atom is 0.340 e. The number of nitrogen functional groups attached to an aromatic ring is 1. The van der Waals surface area contributed by atoms with Gasteiger partial charge >= 0.3 is 5.97 Å². The molecule has 0 bridgehead atoms. The van der Waals surface area contributed by atoms with E-state index in [2.05, 4.69) is 4.98 Å². The lowest BCUT2D eigenvalue weighted by atomic mass is 10.1. The second-order valence-corrected chi connectivity index (χ2v) is 4.80. The number of nitrogens with two attached hydrogens (primary N) is 1. The lowest BCUT2D eigenvalue weighted by Crippen LogP contribution is -2.17. The number of anilines is 3. The normalized spacial score (nSPS) is 10.2. The first-order valence-corrected chi connectivity index (χ1v) is 6.82. The first kappa shape index (κ1) is 15.1. The van der Waals surface area contributed by atoms with Crippen LogP contribution in [0.25, 0.3) is 0 Å². The van der Waals surface area contributed by atoms with Crippen LogP contribution in [-0.2, 0) is 4.74 Å². The van der Waals surface area contributed by atoms with Crippen molar-refractivity contribution in [2.45, 2.75) is 6.92 Å². The topological polar surface area (TPSA) is 68.5 Å². The quantitative estimate of drug-likeness (QED) is 0.693. The summed E-state index contributed by atoms with van der Waals surface area (Å²) in [4.78, 5) is 18.0. The molecule has 0 aliphatic rings. The van der Waals surface area contributed by atoms with Crippen LogP contribution in [0.4, 0.5) is 17.1 Å². The minimum atomic E-state index is -0.461. The molecule has 1 aromatic heterocycles. The Morgan fingerprint density at radius 1 is 1.48 bits per heavy atom. The minimum Gasteiger partial charge on any atom is -0.462 e. The van der Waals surface area contributed by atoms with Crippen molar-refractivity contribution in [2.24, 2.45) is 0 Å². The number of hydrogen-bond donors (Lipinski definition) is 1.